The number of benzene rings is 1. The minimum atomic E-state index is -3.27. The number of fused-ring (bicyclic) bond motifs is 1. The monoisotopic (exact) mass is 350 g/mol. The lowest BCUT2D eigenvalue weighted by atomic mass is 10.1. The first kappa shape index (κ1) is 17.0. The van der Waals surface area contributed by atoms with Crippen LogP contribution >= 0.6 is 0 Å². The van der Waals surface area contributed by atoms with Gasteiger partial charge in [0, 0.05) is 18.5 Å². The molecule has 1 aromatic carbocycles. The summed E-state index contributed by atoms with van der Waals surface area (Å²) in [6, 6.07) is 7.39. The summed E-state index contributed by atoms with van der Waals surface area (Å²) < 4.78 is 29.5. The molecule has 0 bridgehead atoms. The molecule has 0 unspecified atom stereocenters. The number of sulfone groups is 1. The van der Waals surface area contributed by atoms with Crippen LogP contribution in [0.25, 0.3) is 11.0 Å². The van der Waals surface area contributed by atoms with E-state index in [1.807, 2.05) is 18.2 Å². The second-order valence-corrected chi connectivity index (χ2v) is 10.2. The van der Waals surface area contributed by atoms with Crippen LogP contribution in [0.15, 0.2) is 28.8 Å². The van der Waals surface area contributed by atoms with E-state index < -0.39 is 19.8 Å². The number of hydrogen-bond acceptors (Lipinski definition) is 5. The van der Waals surface area contributed by atoms with E-state index in [9.17, 15) is 13.2 Å². The summed E-state index contributed by atoms with van der Waals surface area (Å²) in [6.45, 7) is 5.83. The van der Waals surface area contributed by atoms with Gasteiger partial charge in [-0.05, 0) is 39.3 Å². The molecule has 0 aliphatic carbocycles. The summed E-state index contributed by atoms with van der Waals surface area (Å²) in [5.74, 6) is -0.110. The Bertz CT molecular complexity index is 864. The number of aromatic nitrogens is 1. The van der Waals surface area contributed by atoms with Gasteiger partial charge in [-0.25, -0.2) is 8.42 Å². The topological polar surface area (TPSA) is 80.5 Å². The van der Waals surface area contributed by atoms with Crippen LogP contribution < -0.4 is 0 Å². The van der Waals surface area contributed by atoms with Crippen LogP contribution in [0.2, 0.25) is 0 Å². The zero-order valence-corrected chi connectivity index (χ0v) is 15.0. The van der Waals surface area contributed by atoms with Crippen molar-refractivity contribution in [3.05, 3.63) is 30.0 Å². The molecule has 1 aliphatic heterocycles. The van der Waals surface area contributed by atoms with E-state index in [4.69, 9.17) is 4.52 Å². The van der Waals surface area contributed by atoms with E-state index in [2.05, 4.69) is 5.16 Å². The van der Waals surface area contributed by atoms with E-state index in [0.29, 0.717) is 24.2 Å². The molecule has 2 heterocycles. The maximum absolute atomic E-state index is 12.5. The molecule has 0 saturated carbocycles. The highest BCUT2D eigenvalue weighted by molar-refractivity contribution is 7.93. The summed E-state index contributed by atoms with van der Waals surface area (Å²) in [5, 5.41) is 4.31. The first-order chi connectivity index (χ1) is 11.2. The maximum atomic E-state index is 12.5. The summed E-state index contributed by atoms with van der Waals surface area (Å²) in [5.41, 5.74) is 1.24. The van der Waals surface area contributed by atoms with Crippen molar-refractivity contribution in [3.63, 3.8) is 0 Å². The van der Waals surface area contributed by atoms with Crippen molar-refractivity contribution in [3.8, 4) is 0 Å². The van der Waals surface area contributed by atoms with E-state index in [1.165, 1.54) is 0 Å². The fraction of sp³-hybridized carbons (Fsp3) is 0.529. The molecule has 1 saturated heterocycles. The zero-order valence-electron chi connectivity index (χ0n) is 14.2. The molecule has 3 rings (SSSR count). The van der Waals surface area contributed by atoms with Crippen LogP contribution in [0.5, 0.6) is 0 Å². The number of para-hydroxylation sites is 1. The highest BCUT2D eigenvalue weighted by Gasteiger charge is 2.41. The Kier molecular flexibility index (Phi) is 4.15. The third kappa shape index (κ3) is 2.92. The van der Waals surface area contributed by atoms with Gasteiger partial charge in [0.2, 0.25) is 5.91 Å². The standard InChI is InChI=1S/C17H22N2O4S/c1-17(2,3)24(21,22)12-8-9-19(11-12)16(20)10-14-13-6-4-5-7-15(13)23-18-14/h4-7,12H,8-11H2,1-3H3/t12-/m1/s1. The molecule has 0 N–H and O–H groups in total. The van der Waals surface area contributed by atoms with Gasteiger partial charge >= 0.3 is 0 Å². The molecular weight excluding hydrogens is 328 g/mol. The average Bonchev–Trinajstić information content (AvgIpc) is 3.14. The predicted molar refractivity (Wildman–Crippen MR) is 91.4 cm³/mol. The summed E-state index contributed by atoms with van der Waals surface area (Å²) in [7, 11) is -3.27. The van der Waals surface area contributed by atoms with Crippen LogP contribution in [-0.4, -0.2) is 47.5 Å². The molecule has 1 atom stereocenters. The predicted octanol–water partition coefficient (Wildman–Crippen LogP) is 2.18. The maximum Gasteiger partial charge on any atom is 0.228 e. The largest absolute Gasteiger partial charge is 0.356 e. The van der Waals surface area contributed by atoms with Crippen LogP contribution in [0.1, 0.15) is 32.9 Å². The normalized spacial score (nSPS) is 19.1. The molecule has 6 nitrogen and oxygen atoms in total. The van der Waals surface area contributed by atoms with Crippen molar-refractivity contribution in [1.29, 1.82) is 0 Å². The third-order valence-corrected chi connectivity index (χ3v) is 7.53. The van der Waals surface area contributed by atoms with Gasteiger partial charge in [0.1, 0.15) is 5.69 Å². The van der Waals surface area contributed by atoms with Gasteiger partial charge in [-0.1, -0.05) is 17.3 Å². The lowest BCUT2D eigenvalue weighted by Gasteiger charge is -2.24. The second-order valence-electron chi connectivity index (χ2n) is 7.21. The molecule has 24 heavy (non-hydrogen) atoms. The molecular formula is C17H22N2O4S. The molecule has 2 aromatic rings. The number of nitrogens with zero attached hydrogens (tertiary/aromatic N) is 2. The Morgan fingerprint density at radius 1 is 1.33 bits per heavy atom. The molecule has 130 valence electrons. The highest BCUT2D eigenvalue weighted by atomic mass is 32.2. The number of carbonyl (C=O) groups excluding carboxylic acids is 1. The third-order valence-electron chi connectivity index (χ3n) is 4.56. The van der Waals surface area contributed by atoms with Crippen molar-refractivity contribution >= 4 is 26.7 Å². The Morgan fingerprint density at radius 3 is 2.75 bits per heavy atom. The Hall–Kier alpha value is -1.89. The van der Waals surface area contributed by atoms with E-state index in [0.717, 1.165) is 5.39 Å². The number of likely N-dealkylation sites (tertiary alicyclic amines) is 1. The second kappa shape index (κ2) is 5.88. The Morgan fingerprint density at radius 2 is 2.04 bits per heavy atom. The number of rotatable bonds is 3. The first-order valence-corrected chi connectivity index (χ1v) is 9.59. The number of amides is 1. The van der Waals surface area contributed by atoms with Gasteiger partial charge in [-0.15, -0.1) is 0 Å². The molecule has 7 heteroatoms. The molecule has 1 amide bonds. The van der Waals surface area contributed by atoms with E-state index in [1.54, 1.807) is 31.7 Å². The summed E-state index contributed by atoms with van der Waals surface area (Å²) in [4.78, 5) is 14.2. The van der Waals surface area contributed by atoms with Crippen molar-refractivity contribution in [2.45, 2.75) is 43.6 Å². The van der Waals surface area contributed by atoms with Gasteiger partial charge in [-0.3, -0.25) is 4.79 Å². The van der Waals surface area contributed by atoms with Crippen LogP contribution in [0.4, 0.5) is 0 Å². The molecule has 0 spiro atoms. The Balaban J connectivity index is 1.71. The average molecular weight is 350 g/mol. The fourth-order valence-electron chi connectivity index (χ4n) is 3.03. The van der Waals surface area contributed by atoms with Crippen molar-refractivity contribution in [2.75, 3.05) is 13.1 Å². The quantitative estimate of drug-likeness (QED) is 0.847. The van der Waals surface area contributed by atoms with Crippen LogP contribution in [0.3, 0.4) is 0 Å². The molecule has 1 aliphatic rings. The van der Waals surface area contributed by atoms with Gasteiger partial charge < -0.3 is 9.42 Å². The minimum absolute atomic E-state index is 0.110. The van der Waals surface area contributed by atoms with Crippen molar-refractivity contribution in [1.82, 2.24) is 10.1 Å². The Labute approximate surface area is 141 Å². The molecule has 0 radical (unpaired) electrons. The smallest absolute Gasteiger partial charge is 0.228 e. The van der Waals surface area contributed by atoms with E-state index in [-0.39, 0.29) is 18.9 Å². The van der Waals surface area contributed by atoms with Crippen molar-refractivity contribution in [2.24, 2.45) is 0 Å². The lowest BCUT2D eigenvalue weighted by molar-refractivity contribution is -0.129. The van der Waals surface area contributed by atoms with Gasteiger partial charge in [0.25, 0.3) is 0 Å². The fourth-order valence-corrected chi connectivity index (χ4v) is 4.82. The first-order valence-electron chi connectivity index (χ1n) is 8.04. The van der Waals surface area contributed by atoms with E-state index >= 15 is 0 Å². The minimum Gasteiger partial charge on any atom is -0.356 e. The zero-order chi connectivity index (χ0) is 17.5. The number of carbonyl (C=O) groups is 1. The van der Waals surface area contributed by atoms with Gasteiger partial charge in [0.15, 0.2) is 15.4 Å². The highest BCUT2D eigenvalue weighted by Crippen LogP contribution is 2.27. The molecule has 1 fully saturated rings. The van der Waals surface area contributed by atoms with Crippen molar-refractivity contribution < 1.29 is 17.7 Å². The lowest BCUT2D eigenvalue weighted by Crippen LogP contribution is -2.40. The van der Waals surface area contributed by atoms with Crippen LogP contribution in [-0.2, 0) is 21.1 Å². The molecule has 1 aromatic heterocycles. The summed E-state index contributed by atoms with van der Waals surface area (Å²) in [6.07, 6.45) is 0.615. The number of hydrogen-bond donors (Lipinski definition) is 0. The van der Waals surface area contributed by atoms with Gasteiger partial charge in [-0.2, -0.15) is 0 Å². The summed E-state index contributed by atoms with van der Waals surface area (Å²) >= 11 is 0. The SMILES string of the molecule is CC(C)(C)S(=O)(=O)[C@@H]1CCN(C(=O)Cc2noc3ccccc23)C1. The van der Waals surface area contributed by atoms with Gasteiger partial charge in [0.05, 0.1) is 16.4 Å². The van der Waals surface area contributed by atoms with Crippen LogP contribution in [0, 0.1) is 0 Å².